The van der Waals surface area contributed by atoms with Crippen LogP contribution in [0.2, 0.25) is 0 Å². The van der Waals surface area contributed by atoms with Gasteiger partial charge in [-0.15, -0.1) is 0 Å². The number of aliphatic imine (C=N–C) groups is 2. The third-order valence-corrected chi connectivity index (χ3v) is 6.41. The fourth-order valence-corrected chi connectivity index (χ4v) is 3.65. The average Bonchev–Trinajstić information content (AvgIpc) is 2.76. The summed E-state index contributed by atoms with van der Waals surface area (Å²) < 4.78 is 51.7. The Morgan fingerprint density at radius 1 is 1.26 bits per heavy atom. The third-order valence-electron chi connectivity index (χ3n) is 5.03. The first-order chi connectivity index (χ1) is 15.7. The fourth-order valence-electron chi connectivity index (χ4n) is 2.80. The van der Waals surface area contributed by atoms with Gasteiger partial charge in [0.25, 0.3) is 0 Å². The molecule has 0 spiro atoms. The summed E-state index contributed by atoms with van der Waals surface area (Å²) in [5.41, 5.74) is 1.95. The molecule has 3 atom stereocenters. The molecule has 0 saturated heterocycles. The molecule has 0 saturated carbocycles. The number of nitrogens with one attached hydrogen (secondary N) is 1. The number of Topliss-reactive ketones (excluding diaryl/α,β-unsaturated/α-hetero) is 1. The number of rotatable bonds is 10. The largest absolute Gasteiger partial charge is 0.392 e. The van der Waals surface area contributed by atoms with Gasteiger partial charge in [0.05, 0.1) is 45.3 Å². The number of carbonyl (C=O) groups excluding carboxylic acids is 1. The van der Waals surface area contributed by atoms with Crippen LogP contribution in [0.4, 0.5) is 13.2 Å². The lowest BCUT2D eigenvalue weighted by Crippen LogP contribution is -2.41. The van der Waals surface area contributed by atoms with Gasteiger partial charge in [-0.05, 0) is 32.9 Å². The van der Waals surface area contributed by atoms with Crippen LogP contribution in [0.25, 0.3) is 0 Å². The Morgan fingerprint density at radius 2 is 1.88 bits per heavy atom. The monoisotopic (exact) mass is 518 g/mol. The van der Waals surface area contributed by atoms with E-state index < -0.39 is 34.6 Å². The normalized spacial score (nSPS) is 15.4. The number of halogens is 4. The second-order valence-electron chi connectivity index (χ2n) is 7.84. The van der Waals surface area contributed by atoms with Crippen LogP contribution in [0, 0.1) is 11.8 Å². The molecule has 1 heterocycles. The molecule has 0 aliphatic carbocycles. The summed E-state index contributed by atoms with van der Waals surface area (Å²) in [6, 6.07) is 3.26. The van der Waals surface area contributed by atoms with E-state index in [4.69, 9.17) is 11.6 Å². The van der Waals surface area contributed by atoms with Crippen molar-refractivity contribution >= 4 is 39.7 Å². The molecule has 0 radical (unpaired) electrons. The minimum Gasteiger partial charge on any atom is -0.336 e. The summed E-state index contributed by atoms with van der Waals surface area (Å²) in [5.74, 6) is -3.87. The van der Waals surface area contributed by atoms with E-state index in [9.17, 15) is 22.2 Å². The molecule has 1 aromatic rings. The molecule has 3 unspecified atom stereocenters. The third kappa shape index (κ3) is 8.79. The van der Waals surface area contributed by atoms with Crippen molar-refractivity contribution in [3.8, 4) is 0 Å². The SMILES string of the molecule is C=C(Cl)/N=C(/C)C(NC(=NCc1ccc(S(=O)CC)cn1)C(=O)C(C)C(C)C(F)(F)F)=C(C)C. The van der Waals surface area contributed by atoms with Gasteiger partial charge in [-0.25, -0.2) is 4.99 Å². The zero-order valence-corrected chi connectivity index (χ0v) is 21.7. The maximum atomic E-state index is 13.3. The molecule has 0 aliphatic heterocycles. The second-order valence-corrected chi connectivity index (χ2v) is 10.0. The number of ketones is 1. The number of hydrogen-bond donors (Lipinski definition) is 1. The molecule has 1 N–H and O–H groups in total. The van der Waals surface area contributed by atoms with Crippen LogP contribution in [0.5, 0.6) is 0 Å². The molecule has 0 amide bonds. The van der Waals surface area contributed by atoms with Crippen molar-refractivity contribution in [1.29, 1.82) is 0 Å². The fraction of sp³-hybridized carbons (Fsp3) is 0.478. The van der Waals surface area contributed by atoms with Crippen molar-refractivity contribution in [2.45, 2.75) is 59.2 Å². The van der Waals surface area contributed by atoms with Gasteiger partial charge in [0, 0.05) is 17.9 Å². The van der Waals surface area contributed by atoms with Crippen molar-refractivity contribution in [2.75, 3.05) is 5.75 Å². The van der Waals surface area contributed by atoms with E-state index in [1.54, 1.807) is 39.8 Å². The zero-order valence-electron chi connectivity index (χ0n) is 20.1. The highest BCUT2D eigenvalue weighted by molar-refractivity contribution is 7.85. The Hall–Kier alpha value is -2.33. The first kappa shape index (κ1) is 29.7. The Labute approximate surface area is 206 Å². The topological polar surface area (TPSA) is 83.8 Å². The minimum atomic E-state index is -4.54. The van der Waals surface area contributed by atoms with Crippen LogP contribution in [-0.4, -0.2) is 38.5 Å². The van der Waals surface area contributed by atoms with Crippen molar-refractivity contribution in [3.05, 3.63) is 47.0 Å². The van der Waals surface area contributed by atoms with Crippen LogP contribution < -0.4 is 5.32 Å². The molecular formula is C23H30ClF3N4O2S. The van der Waals surface area contributed by atoms with E-state index in [2.05, 4.69) is 26.9 Å². The predicted octanol–water partition coefficient (Wildman–Crippen LogP) is 5.57. The Morgan fingerprint density at radius 3 is 2.32 bits per heavy atom. The second kappa shape index (κ2) is 12.9. The lowest BCUT2D eigenvalue weighted by atomic mass is 9.90. The van der Waals surface area contributed by atoms with Gasteiger partial charge in [0.2, 0.25) is 5.78 Å². The van der Waals surface area contributed by atoms with Gasteiger partial charge in [0.15, 0.2) is 5.84 Å². The molecule has 0 bridgehead atoms. The molecular weight excluding hydrogens is 489 g/mol. The summed E-state index contributed by atoms with van der Waals surface area (Å²) >= 11 is 5.76. The molecule has 188 valence electrons. The standard InChI is InChI=1S/C23H30ClF3N4O2S/c1-8-34(33)19-10-9-18(28-12-19)11-29-22(21(32)14(4)15(5)23(25,26)27)31-20(13(2)3)16(6)30-17(7)24/h9-10,12,14-15H,7-8,11H2,1-6H3,(H,29,31)/b30-16-. The average molecular weight is 519 g/mol. The van der Waals surface area contributed by atoms with Crippen molar-refractivity contribution in [3.63, 3.8) is 0 Å². The maximum absolute atomic E-state index is 13.3. The number of allylic oxidation sites excluding steroid dienone is 2. The Balaban J connectivity index is 3.38. The van der Waals surface area contributed by atoms with Gasteiger partial charge in [-0.2, -0.15) is 13.2 Å². The van der Waals surface area contributed by atoms with E-state index in [0.29, 0.717) is 33.3 Å². The highest BCUT2D eigenvalue weighted by atomic mass is 35.5. The van der Waals surface area contributed by atoms with E-state index >= 15 is 0 Å². The number of nitrogens with zero attached hydrogens (tertiary/aromatic N) is 3. The van der Waals surface area contributed by atoms with E-state index in [1.165, 1.54) is 13.1 Å². The molecule has 6 nitrogen and oxygen atoms in total. The summed E-state index contributed by atoms with van der Waals surface area (Å²) in [6.07, 6.45) is -3.09. The Bertz CT molecular complexity index is 1010. The zero-order chi connectivity index (χ0) is 26.2. The number of carbonyl (C=O) groups is 1. The van der Waals surface area contributed by atoms with Crippen molar-refractivity contribution in [2.24, 2.45) is 21.8 Å². The Kier molecular flexibility index (Phi) is 11.3. The smallest absolute Gasteiger partial charge is 0.336 e. The molecule has 34 heavy (non-hydrogen) atoms. The highest BCUT2D eigenvalue weighted by Gasteiger charge is 2.43. The predicted molar refractivity (Wildman–Crippen MR) is 131 cm³/mol. The van der Waals surface area contributed by atoms with Gasteiger partial charge >= 0.3 is 6.18 Å². The molecule has 0 fully saturated rings. The first-order valence-electron chi connectivity index (χ1n) is 10.5. The van der Waals surface area contributed by atoms with Gasteiger partial charge in [0.1, 0.15) is 5.16 Å². The molecule has 1 aromatic heterocycles. The summed E-state index contributed by atoms with van der Waals surface area (Å²) in [7, 11) is -1.17. The number of pyridine rings is 1. The van der Waals surface area contributed by atoms with Crippen LogP contribution >= 0.6 is 11.6 Å². The summed E-state index contributed by atoms with van der Waals surface area (Å²) in [5, 5.41) is 2.87. The number of amidine groups is 1. The van der Waals surface area contributed by atoms with Crippen LogP contribution in [-0.2, 0) is 22.1 Å². The number of hydrogen-bond acceptors (Lipinski definition) is 5. The first-order valence-corrected chi connectivity index (χ1v) is 12.2. The van der Waals surface area contributed by atoms with Gasteiger partial charge in [-0.1, -0.05) is 44.5 Å². The molecule has 0 aliphatic rings. The molecule has 1 rings (SSSR count). The lowest BCUT2D eigenvalue weighted by Gasteiger charge is -2.23. The van der Waals surface area contributed by atoms with E-state index in [1.807, 2.05) is 0 Å². The summed E-state index contributed by atoms with van der Waals surface area (Å²) in [4.78, 5) is 26.2. The molecule has 0 aromatic carbocycles. The van der Waals surface area contributed by atoms with Gasteiger partial charge in [-0.3, -0.25) is 19.0 Å². The van der Waals surface area contributed by atoms with Crippen molar-refractivity contribution in [1.82, 2.24) is 10.3 Å². The highest BCUT2D eigenvalue weighted by Crippen LogP contribution is 2.32. The number of aromatic nitrogens is 1. The van der Waals surface area contributed by atoms with E-state index in [0.717, 1.165) is 6.92 Å². The summed E-state index contributed by atoms with van der Waals surface area (Å²) in [6.45, 7) is 12.5. The quantitative estimate of drug-likeness (QED) is 0.249. The minimum absolute atomic E-state index is 0.00989. The van der Waals surface area contributed by atoms with Gasteiger partial charge < -0.3 is 5.32 Å². The van der Waals surface area contributed by atoms with E-state index in [-0.39, 0.29) is 17.5 Å². The lowest BCUT2D eigenvalue weighted by molar-refractivity contribution is -0.183. The van der Waals surface area contributed by atoms with Crippen molar-refractivity contribution < 1.29 is 22.2 Å². The van der Waals surface area contributed by atoms with Crippen LogP contribution in [0.3, 0.4) is 0 Å². The maximum Gasteiger partial charge on any atom is 0.392 e. The van der Waals surface area contributed by atoms with Crippen LogP contribution in [0.15, 0.2) is 56.2 Å². The number of alkyl halides is 3. The van der Waals surface area contributed by atoms with Crippen LogP contribution in [0.1, 0.15) is 47.2 Å². The molecule has 11 heteroatoms.